The van der Waals surface area contributed by atoms with E-state index in [1.807, 2.05) is 0 Å². The van der Waals surface area contributed by atoms with Crippen molar-refractivity contribution in [2.75, 3.05) is 22.1 Å². The molecule has 0 saturated heterocycles. The van der Waals surface area contributed by atoms with Gasteiger partial charge in [0.2, 0.25) is 17.8 Å². The first kappa shape index (κ1) is 16.3. The molecule has 0 spiro atoms. The number of nitrogens with one attached hydrogen (secondary N) is 2. The first-order chi connectivity index (χ1) is 11.3. The van der Waals surface area contributed by atoms with Crippen molar-refractivity contribution in [3.63, 3.8) is 0 Å². The monoisotopic (exact) mass is 366 g/mol. The number of carbonyl (C=O) groups is 2. The van der Waals surface area contributed by atoms with Gasteiger partial charge in [-0.25, -0.2) is 0 Å². The summed E-state index contributed by atoms with van der Waals surface area (Å²) in [7, 11) is 0. The van der Waals surface area contributed by atoms with Gasteiger partial charge in [0.05, 0.1) is 22.2 Å². The quantitative estimate of drug-likeness (QED) is 0.641. The Morgan fingerprint density at radius 3 is 2.79 bits per heavy atom. The van der Waals surface area contributed by atoms with Crippen molar-refractivity contribution in [2.45, 2.75) is 12.3 Å². The molecule has 2 aromatic rings. The minimum atomic E-state index is -0.871. The van der Waals surface area contributed by atoms with Gasteiger partial charge in [-0.15, -0.1) is 0 Å². The Balaban J connectivity index is 1.96. The zero-order chi connectivity index (χ0) is 17.4. The zero-order valence-electron chi connectivity index (χ0n) is 12.1. The van der Waals surface area contributed by atoms with Crippen LogP contribution in [0.4, 0.5) is 23.3 Å². The Kier molecular flexibility index (Phi) is 4.16. The van der Waals surface area contributed by atoms with Crippen LogP contribution in [-0.2, 0) is 9.59 Å². The molecule has 0 aliphatic carbocycles. The van der Waals surface area contributed by atoms with Gasteiger partial charge >= 0.3 is 0 Å². The van der Waals surface area contributed by atoms with Crippen LogP contribution in [0.25, 0.3) is 0 Å². The summed E-state index contributed by atoms with van der Waals surface area (Å²) in [5.41, 5.74) is 12.0. The third-order valence-electron chi connectivity index (χ3n) is 3.49. The first-order valence-electron chi connectivity index (χ1n) is 6.84. The smallest absolute Gasteiger partial charge is 0.232 e. The molecule has 8 nitrogen and oxygen atoms in total. The molecule has 0 saturated carbocycles. The Morgan fingerprint density at radius 2 is 2.04 bits per heavy atom. The summed E-state index contributed by atoms with van der Waals surface area (Å²) in [5.74, 6) is -1.65. The second-order valence-corrected chi connectivity index (χ2v) is 5.99. The van der Waals surface area contributed by atoms with Gasteiger partial charge in [0.15, 0.2) is 0 Å². The number of benzene rings is 1. The maximum atomic E-state index is 12.6. The third-order valence-corrected chi connectivity index (χ3v) is 4.06. The number of aromatic nitrogens is 2. The highest BCUT2D eigenvalue weighted by Gasteiger charge is 2.34. The molecule has 1 atom stereocenters. The van der Waals surface area contributed by atoms with Crippen molar-refractivity contribution in [3.8, 4) is 0 Å². The summed E-state index contributed by atoms with van der Waals surface area (Å²) in [4.78, 5) is 32.3. The minimum Gasteiger partial charge on any atom is -0.383 e. The SMILES string of the molecule is Nc1nc(N)c2c(n1)NC(=O)C[C@@H]2C(=O)Nc1cc(Cl)ccc1Cl. The lowest BCUT2D eigenvalue weighted by molar-refractivity contribution is -0.123. The molecule has 124 valence electrons. The largest absolute Gasteiger partial charge is 0.383 e. The van der Waals surface area contributed by atoms with E-state index in [2.05, 4.69) is 20.6 Å². The molecule has 24 heavy (non-hydrogen) atoms. The number of carbonyl (C=O) groups excluding carboxylic acids is 2. The fourth-order valence-corrected chi connectivity index (χ4v) is 2.79. The molecule has 0 bridgehead atoms. The molecule has 6 N–H and O–H groups in total. The molecule has 0 radical (unpaired) electrons. The normalized spacial score (nSPS) is 16.2. The van der Waals surface area contributed by atoms with Crippen LogP contribution in [0.5, 0.6) is 0 Å². The summed E-state index contributed by atoms with van der Waals surface area (Å²) in [6, 6.07) is 4.66. The number of nitrogens with two attached hydrogens (primary N) is 2. The highest BCUT2D eigenvalue weighted by Crippen LogP contribution is 2.36. The van der Waals surface area contributed by atoms with E-state index in [4.69, 9.17) is 34.7 Å². The molecular formula is C14H12Cl2N6O2. The van der Waals surface area contributed by atoms with Gasteiger partial charge in [-0.1, -0.05) is 23.2 Å². The van der Waals surface area contributed by atoms with Gasteiger partial charge in [0.25, 0.3) is 0 Å². The van der Waals surface area contributed by atoms with E-state index in [9.17, 15) is 9.59 Å². The van der Waals surface area contributed by atoms with Crippen LogP contribution in [-0.4, -0.2) is 21.8 Å². The molecule has 0 fully saturated rings. The zero-order valence-corrected chi connectivity index (χ0v) is 13.6. The van der Waals surface area contributed by atoms with Gasteiger partial charge in [0, 0.05) is 11.4 Å². The Morgan fingerprint density at radius 1 is 1.29 bits per heavy atom. The number of nitrogen functional groups attached to an aromatic ring is 2. The standard InChI is InChI=1S/C14H12Cl2N6O2/c15-5-1-2-7(16)8(3-5)19-13(24)6-4-9(23)20-12-10(6)11(17)21-14(18)22-12/h1-3,6H,4H2,(H,19,24)(H5,17,18,20,21,22,23)/t6-/m0/s1. The predicted molar refractivity (Wildman–Crippen MR) is 91.9 cm³/mol. The average molecular weight is 367 g/mol. The molecule has 1 aliphatic rings. The van der Waals surface area contributed by atoms with Gasteiger partial charge < -0.3 is 22.1 Å². The first-order valence-corrected chi connectivity index (χ1v) is 7.59. The maximum absolute atomic E-state index is 12.6. The predicted octanol–water partition coefficient (Wildman–Crippen LogP) is 2.01. The van der Waals surface area contributed by atoms with Crippen LogP contribution in [0, 0.1) is 0 Å². The average Bonchev–Trinajstić information content (AvgIpc) is 2.49. The molecule has 2 amide bonds. The number of hydrogen-bond donors (Lipinski definition) is 4. The summed E-state index contributed by atoms with van der Waals surface area (Å²) in [6.45, 7) is 0. The van der Waals surface area contributed by atoms with E-state index in [0.717, 1.165) is 0 Å². The number of anilines is 4. The number of fused-ring (bicyclic) bond motifs is 1. The second-order valence-electron chi connectivity index (χ2n) is 5.15. The van der Waals surface area contributed by atoms with Crippen LogP contribution >= 0.6 is 23.2 Å². The summed E-state index contributed by atoms with van der Waals surface area (Å²) in [6.07, 6.45) is -0.103. The van der Waals surface area contributed by atoms with Crippen LogP contribution in [0.15, 0.2) is 18.2 Å². The molecule has 1 aromatic heterocycles. The van der Waals surface area contributed by atoms with Gasteiger partial charge in [-0.05, 0) is 18.2 Å². The Hall–Kier alpha value is -2.58. The van der Waals surface area contributed by atoms with Crippen molar-refractivity contribution < 1.29 is 9.59 Å². The maximum Gasteiger partial charge on any atom is 0.232 e. The molecule has 0 unspecified atom stereocenters. The van der Waals surface area contributed by atoms with Crippen LogP contribution in [0.1, 0.15) is 17.9 Å². The number of amides is 2. The number of rotatable bonds is 2. The van der Waals surface area contributed by atoms with Gasteiger partial charge in [-0.3, -0.25) is 9.59 Å². The molecule has 1 aliphatic heterocycles. The number of hydrogen-bond acceptors (Lipinski definition) is 6. The lowest BCUT2D eigenvalue weighted by atomic mass is 9.92. The third kappa shape index (κ3) is 3.06. The van der Waals surface area contributed by atoms with E-state index >= 15 is 0 Å². The highest BCUT2D eigenvalue weighted by atomic mass is 35.5. The topological polar surface area (TPSA) is 136 Å². The van der Waals surface area contributed by atoms with Crippen molar-refractivity contribution in [1.82, 2.24) is 9.97 Å². The molecule has 10 heteroatoms. The van der Waals surface area contributed by atoms with Gasteiger partial charge in [0.1, 0.15) is 11.6 Å². The van der Waals surface area contributed by atoms with E-state index < -0.39 is 11.8 Å². The number of halogens is 2. The van der Waals surface area contributed by atoms with Crippen molar-refractivity contribution in [3.05, 3.63) is 33.8 Å². The highest BCUT2D eigenvalue weighted by molar-refractivity contribution is 6.35. The summed E-state index contributed by atoms with van der Waals surface area (Å²) in [5, 5.41) is 5.90. The fourth-order valence-electron chi connectivity index (χ4n) is 2.45. The van der Waals surface area contributed by atoms with Crippen LogP contribution < -0.4 is 22.1 Å². The number of nitrogens with zero attached hydrogens (tertiary/aromatic N) is 2. The fraction of sp³-hybridized carbons (Fsp3) is 0.143. The van der Waals surface area contributed by atoms with Crippen LogP contribution in [0.3, 0.4) is 0 Å². The lowest BCUT2D eigenvalue weighted by Gasteiger charge is -2.25. The van der Waals surface area contributed by atoms with E-state index in [1.54, 1.807) is 12.1 Å². The molecular weight excluding hydrogens is 355 g/mol. The van der Waals surface area contributed by atoms with Crippen molar-refractivity contribution in [1.29, 1.82) is 0 Å². The van der Waals surface area contributed by atoms with E-state index in [1.165, 1.54) is 6.07 Å². The second kappa shape index (κ2) is 6.14. The van der Waals surface area contributed by atoms with E-state index in [-0.39, 0.29) is 29.9 Å². The molecule has 3 rings (SSSR count). The van der Waals surface area contributed by atoms with Crippen molar-refractivity contribution >= 4 is 58.3 Å². The van der Waals surface area contributed by atoms with Gasteiger partial charge in [-0.2, -0.15) is 9.97 Å². The van der Waals surface area contributed by atoms with E-state index in [0.29, 0.717) is 21.3 Å². The summed E-state index contributed by atoms with van der Waals surface area (Å²) >= 11 is 11.9. The Bertz CT molecular complexity index is 857. The molecule has 1 aromatic carbocycles. The minimum absolute atomic E-state index is 0.0369. The molecule has 2 heterocycles. The van der Waals surface area contributed by atoms with Crippen LogP contribution in [0.2, 0.25) is 10.0 Å². The summed E-state index contributed by atoms with van der Waals surface area (Å²) < 4.78 is 0. The Labute approximate surface area is 146 Å². The van der Waals surface area contributed by atoms with Crippen molar-refractivity contribution in [2.24, 2.45) is 0 Å². The lowest BCUT2D eigenvalue weighted by Crippen LogP contribution is -2.32.